The second kappa shape index (κ2) is 6.97. The van der Waals surface area contributed by atoms with Gasteiger partial charge in [0.25, 0.3) is 0 Å². The predicted molar refractivity (Wildman–Crippen MR) is 85.5 cm³/mol. The van der Waals surface area contributed by atoms with Crippen molar-refractivity contribution >= 4 is 0 Å². The topological polar surface area (TPSA) is 30.5 Å². The lowest BCUT2D eigenvalue weighted by Crippen LogP contribution is -2.54. The average molecular weight is 295 g/mol. The summed E-state index contributed by atoms with van der Waals surface area (Å²) in [5, 5.41) is 4.04. The summed E-state index contributed by atoms with van der Waals surface area (Å²) >= 11 is 0. The molecule has 3 nitrogen and oxygen atoms in total. The molecule has 0 aromatic rings. The summed E-state index contributed by atoms with van der Waals surface area (Å²) in [6.45, 7) is 7.48. The van der Waals surface area contributed by atoms with Gasteiger partial charge in [0.2, 0.25) is 0 Å². The second-order valence-electron chi connectivity index (χ2n) is 7.80. The summed E-state index contributed by atoms with van der Waals surface area (Å²) in [5.41, 5.74) is 0.121. The van der Waals surface area contributed by atoms with Crippen molar-refractivity contribution in [1.29, 1.82) is 0 Å². The molecule has 3 unspecified atom stereocenters. The third-order valence-corrected chi connectivity index (χ3v) is 6.02. The van der Waals surface area contributed by atoms with E-state index in [4.69, 9.17) is 9.47 Å². The zero-order valence-corrected chi connectivity index (χ0v) is 13.9. The van der Waals surface area contributed by atoms with Crippen molar-refractivity contribution < 1.29 is 9.47 Å². The highest BCUT2D eigenvalue weighted by molar-refractivity contribution is 4.94. The van der Waals surface area contributed by atoms with Crippen LogP contribution < -0.4 is 5.32 Å². The highest BCUT2D eigenvalue weighted by Crippen LogP contribution is 2.36. The third kappa shape index (κ3) is 3.80. The molecule has 2 saturated heterocycles. The monoisotopic (exact) mass is 295 g/mol. The predicted octanol–water partition coefficient (Wildman–Crippen LogP) is 3.52. The Kier molecular flexibility index (Phi) is 5.23. The summed E-state index contributed by atoms with van der Waals surface area (Å²) in [6, 6.07) is 1.39. The quantitative estimate of drug-likeness (QED) is 0.864. The van der Waals surface area contributed by atoms with Crippen LogP contribution in [0.3, 0.4) is 0 Å². The fraction of sp³-hybridized carbons (Fsp3) is 1.00. The summed E-state index contributed by atoms with van der Waals surface area (Å²) in [5.74, 6) is 1.67. The van der Waals surface area contributed by atoms with E-state index in [0.29, 0.717) is 6.04 Å². The van der Waals surface area contributed by atoms with Crippen molar-refractivity contribution in [2.45, 2.75) is 82.9 Å². The highest BCUT2D eigenvalue weighted by atomic mass is 16.5. The van der Waals surface area contributed by atoms with E-state index in [-0.39, 0.29) is 5.60 Å². The Labute approximate surface area is 130 Å². The molecule has 0 aromatic carbocycles. The zero-order chi connectivity index (χ0) is 14.7. The molecular weight excluding hydrogens is 262 g/mol. The third-order valence-electron chi connectivity index (χ3n) is 6.02. The molecule has 2 aliphatic heterocycles. The molecule has 1 spiro atoms. The fourth-order valence-corrected chi connectivity index (χ4v) is 4.73. The minimum atomic E-state index is 0.121. The number of ether oxygens (including phenoxy) is 2. The van der Waals surface area contributed by atoms with E-state index in [1.54, 1.807) is 0 Å². The Hall–Kier alpha value is -0.120. The fourth-order valence-electron chi connectivity index (χ4n) is 4.73. The molecule has 122 valence electrons. The van der Waals surface area contributed by atoms with Gasteiger partial charge in [0.15, 0.2) is 0 Å². The van der Waals surface area contributed by atoms with E-state index >= 15 is 0 Å². The molecule has 3 fully saturated rings. The lowest BCUT2D eigenvalue weighted by atomic mass is 9.76. The van der Waals surface area contributed by atoms with Gasteiger partial charge in [-0.1, -0.05) is 26.7 Å². The highest BCUT2D eigenvalue weighted by Gasteiger charge is 2.40. The van der Waals surface area contributed by atoms with E-state index < -0.39 is 0 Å². The van der Waals surface area contributed by atoms with Crippen molar-refractivity contribution in [3.8, 4) is 0 Å². The maximum absolute atomic E-state index is 6.18. The molecule has 1 aliphatic carbocycles. The SMILES string of the molecule is CC(C)C1CCCCC1NC1CCOC2(CCOCC2)C1. The Morgan fingerprint density at radius 2 is 1.76 bits per heavy atom. The van der Waals surface area contributed by atoms with Crippen LogP contribution in [0.1, 0.15) is 65.2 Å². The van der Waals surface area contributed by atoms with Gasteiger partial charge in [0, 0.05) is 31.9 Å². The molecule has 3 rings (SSSR count). The van der Waals surface area contributed by atoms with Crippen LogP contribution in [0.2, 0.25) is 0 Å². The van der Waals surface area contributed by atoms with Gasteiger partial charge in [-0.2, -0.15) is 0 Å². The van der Waals surface area contributed by atoms with Gasteiger partial charge in [-0.25, -0.2) is 0 Å². The second-order valence-corrected chi connectivity index (χ2v) is 7.80. The van der Waals surface area contributed by atoms with Gasteiger partial charge in [-0.05, 0) is 50.4 Å². The van der Waals surface area contributed by atoms with Crippen molar-refractivity contribution in [2.75, 3.05) is 19.8 Å². The van der Waals surface area contributed by atoms with Crippen LogP contribution in [0, 0.1) is 11.8 Å². The molecule has 0 aromatic heterocycles. The van der Waals surface area contributed by atoms with Gasteiger partial charge in [0.1, 0.15) is 0 Å². The van der Waals surface area contributed by atoms with Gasteiger partial charge in [-0.3, -0.25) is 0 Å². The summed E-state index contributed by atoms with van der Waals surface area (Å²) in [6.07, 6.45) is 10.2. The van der Waals surface area contributed by atoms with Crippen molar-refractivity contribution in [3.05, 3.63) is 0 Å². The standard InChI is InChI=1S/C18H33NO2/c1-14(2)16-5-3-4-6-17(16)19-15-7-10-21-18(13-15)8-11-20-12-9-18/h14-17,19H,3-13H2,1-2H3. The number of hydrogen-bond donors (Lipinski definition) is 1. The Morgan fingerprint density at radius 1 is 1.00 bits per heavy atom. The van der Waals surface area contributed by atoms with Crippen LogP contribution in [-0.4, -0.2) is 37.5 Å². The molecule has 1 saturated carbocycles. The summed E-state index contributed by atoms with van der Waals surface area (Å²) in [7, 11) is 0. The Bertz CT molecular complexity index is 320. The molecule has 3 heteroatoms. The van der Waals surface area contributed by atoms with Crippen LogP contribution in [0.5, 0.6) is 0 Å². The molecule has 3 aliphatic rings. The molecule has 21 heavy (non-hydrogen) atoms. The molecule has 0 radical (unpaired) electrons. The number of hydrogen-bond acceptors (Lipinski definition) is 3. The van der Waals surface area contributed by atoms with Crippen LogP contribution in [0.15, 0.2) is 0 Å². The van der Waals surface area contributed by atoms with Crippen LogP contribution in [0.25, 0.3) is 0 Å². The number of nitrogens with one attached hydrogen (secondary N) is 1. The van der Waals surface area contributed by atoms with Crippen molar-refractivity contribution in [2.24, 2.45) is 11.8 Å². The van der Waals surface area contributed by atoms with Gasteiger partial charge < -0.3 is 14.8 Å². The van der Waals surface area contributed by atoms with Crippen LogP contribution in [-0.2, 0) is 9.47 Å². The first-order valence-electron chi connectivity index (χ1n) is 9.16. The summed E-state index contributed by atoms with van der Waals surface area (Å²) < 4.78 is 11.7. The molecule has 2 heterocycles. The Balaban J connectivity index is 1.58. The normalized spacial score (nSPS) is 37.0. The first kappa shape index (κ1) is 15.8. The smallest absolute Gasteiger partial charge is 0.0741 e. The van der Waals surface area contributed by atoms with Crippen LogP contribution >= 0.6 is 0 Å². The molecular formula is C18H33NO2. The minimum absolute atomic E-state index is 0.121. The van der Waals surface area contributed by atoms with Crippen LogP contribution in [0.4, 0.5) is 0 Å². The van der Waals surface area contributed by atoms with E-state index in [9.17, 15) is 0 Å². The van der Waals surface area contributed by atoms with E-state index in [1.165, 1.54) is 38.5 Å². The van der Waals surface area contributed by atoms with Gasteiger partial charge in [0.05, 0.1) is 5.60 Å². The van der Waals surface area contributed by atoms with E-state index in [1.807, 2.05) is 0 Å². The number of rotatable bonds is 3. The minimum Gasteiger partial charge on any atom is -0.381 e. The molecule has 0 amide bonds. The van der Waals surface area contributed by atoms with Gasteiger partial charge >= 0.3 is 0 Å². The average Bonchev–Trinajstić information content (AvgIpc) is 2.48. The lowest BCUT2D eigenvalue weighted by molar-refractivity contribution is -0.141. The maximum Gasteiger partial charge on any atom is 0.0741 e. The first-order valence-corrected chi connectivity index (χ1v) is 9.16. The van der Waals surface area contributed by atoms with E-state index in [2.05, 4.69) is 19.2 Å². The molecule has 1 N–H and O–H groups in total. The largest absolute Gasteiger partial charge is 0.381 e. The zero-order valence-electron chi connectivity index (χ0n) is 13.9. The lowest BCUT2D eigenvalue weighted by Gasteiger charge is -2.46. The maximum atomic E-state index is 6.18. The molecule has 0 bridgehead atoms. The van der Waals surface area contributed by atoms with Crippen molar-refractivity contribution in [3.63, 3.8) is 0 Å². The van der Waals surface area contributed by atoms with E-state index in [0.717, 1.165) is 50.5 Å². The van der Waals surface area contributed by atoms with Crippen molar-refractivity contribution in [1.82, 2.24) is 5.32 Å². The van der Waals surface area contributed by atoms with Gasteiger partial charge in [-0.15, -0.1) is 0 Å². The molecule has 3 atom stereocenters. The summed E-state index contributed by atoms with van der Waals surface area (Å²) in [4.78, 5) is 0. The Morgan fingerprint density at radius 3 is 2.52 bits per heavy atom. The first-order chi connectivity index (χ1) is 10.2.